The van der Waals surface area contributed by atoms with Crippen LogP contribution in [0.3, 0.4) is 0 Å². The van der Waals surface area contributed by atoms with E-state index in [9.17, 15) is 18.5 Å². The van der Waals surface area contributed by atoms with Crippen LogP contribution in [-0.2, 0) is 14.3 Å². The number of benzene rings is 2. The van der Waals surface area contributed by atoms with Gasteiger partial charge in [0.25, 0.3) is 10.1 Å². The number of hydrogen-bond acceptors (Lipinski definition) is 6. The van der Waals surface area contributed by atoms with Crippen molar-refractivity contribution in [3.05, 3.63) is 67.7 Å². The van der Waals surface area contributed by atoms with Gasteiger partial charge < -0.3 is 4.74 Å². The molecule has 0 aromatic heterocycles. The highest BCUT2D eigenvalue weighted by Gasteiger charge is 2.37. The minimum atomic E-state index is -3.76. The summed E-state index contributed by atoms with van der Waals surface area (Å²) in [7, 11) is -3.76. The lowest BCUT2D eigenvalue weighted by atomic mass is 9.82. The van der Waals surface area contributed by atoms with Crippen LogP contribution in [0.25, 0.3) is 0 Å². The zero-order valence-corrected chi connectivity index (χ0v) is 16.4. The van der Waals surface area contributed by atoms with Crippen molar-refractivity contribution in [1.29, 1.82) is 0 Å². The highest BCUT2D eigenvalue weighted by molar-refractivity contribution is 7.85. The van der Waals surface area contributed by atoms with Crippen LogP contribution in [-0.4, -0.2) is 32.7 Å². The van der Waals surface area contributed by atoms with Gasteiger partial charge in [0.15, 0.2) is 0 Å². The Labute approximate surface area is 166 Å². The van der Waals surface area contributed by atoms with Gasteiger partial charge in [-0.15, -0.1) is 0 Å². The predicted octanol–water partition coefficient (Wildman–Crippen LogP) is 4.22. The van der Waals surface area contributed by atoms with Crippen LogP contribution in [0.15, 0.2) is 36.4 Å². The molecule has 0 unspecified atom stereocenters. The first-order valence-corrected chi connectivity index (χ1v) is 10.4. The molecule has 0 aliphatic carbocycles. The first-order valence-electron chi connectivity index (χ1n) is 7.87. The van der Waals surface area contributed by atoms with Gasteiger partial charge in [-0.3, -0.25) is 14.3 Å². The Morgan fingerprint density at radius 2 is 1.59 bits per heavy atom. The van der Waals surface area contributed by atoms with Crippen LogP contribution in [0.2, 0.25) is 10.0 Å². The molecule has 2 aromatic carbocycles. The molecule has 1 aliphatic rings. The third kappa shape index (κ3) is 4.70. The number of halogens is 2. The normalized spacial score (nSPS) is 18.8. The SMILES string of the molecule is CS(=O)(=O)OC[C@@H]1c2cc(Cl)ccc2Oc2ccc(Cl)cc2[C@H]1C[N+](=O)[O-]. The van der Waals surface area contributed by atoms with Gasteiger partial charge in [-0.2, -0.15) is 8.42 Å². The fourth-order valence-corrected chi connectivity index (χ4v) is 3.90. The quantitative estimate of drug-likeness (QED) is 0.399. The van der Waals surface area contributed by atoms with Crippen molar-refractivity contribution in [2.45, 2.75) is 11.8 Å². The van der Waals surface area contributed by atoms with Crippen molar-refractivity contribution in [2.24, 2.45) is 0 Å². The molecule has 0 spiro atoms. The first-order chi connectivity index (χ1) is 12.6. The molecule has 0 saturated heterocycles. The van der Waals surface area contributed by atoms with Crippen LogP contribution in [0.5, 0.6) is 11.5 Å². The summed E-state index contributed by atoms with van der Waals surface area (Å²) >= 11 is 12.2. The molecule has 2 atom stereocenters. The third-order valence-corrected chi connectivity index (χ3v) is 5.29. The topological polar surface area (TPSA) is 95.7 Å². The van der Waals surface area contributed by atoms with Gasteiger partial charge in [-0.05, 0) is 36.4 Å². The minimum Gasteiger partial charge on any atom is -0.457 e. The summed E-state index contributed by atoms with van der Waals surface area (Å²) in [5.74, 6) is -0.568. The minimum absolute atomic E-state index is 0.292. The Bertz CT molecular complexity index is 995. The van der Waals surface area contributed by atoms with Crippen molar-refractivity contribution in [3.63, 3.8) is 0 Å². The van der Waals surface area contributed by atoms with Crippen molar-refractivity contribution < 1.29 is 22.3 Å². The Morgan fingerprint density at radius 1 is 1.07 bits per heavy atom. The molecule has 1 heterocycles. The van der Waals surface area contributed by atoms with E-state index in [2.05, 4.69) is 0 Å². The zero-order valence-electron chi connectivity index (χ0n) is 14.1. The number of nitro groups is 1. The van der Waals surface area contributed by atoms with Crippen molar-refractivity contribution in [1.82, 2.24) is 0 Å². The Hall–Kier alpha value is -1.87. The van der Waals surface area contributed by atoms with Crippen LogP contribution in [0.4, 0.5) is 0 Å². The highest BCUT2D eigenvalue weighted by Crippen LogP contribution is 2.48. The van der Waals surface area contributed by atoms with Gasteiger partial charge >= 0.3 is 0 Å². The molecule has 2 aromatic rings. The molecule has 0 fully saturated rings. The molecular weight excluding hydrogens is 417 g/mol. The second-order valence-corrected chi connectivity index (χ2v) is 8.70. The van der Waals surface area contributed by atoms with E-state index in [-0.39, 0.29) is 6.61 Å². The number of hydrogen-bond donors (Lipinski definition) is 0. The molecule has 7 nitrogen and oxygen atoms in total. The molecule has 144 valence electrons. The molecule has 0 bridgehead atoms. The molecule has 0 N–H and O–H groups in total. The van der Waals surface area contributed by atoms with E-state index in [1.54, 1.807) is 36.4 Å². The summed E-state index contributed by atoms with van der Waals surface area (Å²) in [6, 6.07) is 9.70. The maximum atomic E-state index is 11.5. The number of ether oxygens (including phenoxy) is 1. The monoisotopic (exact) mass is 431 g/mol. The lowest BCUT2D eigenvalue weighted by Gasteiger charge is -2.23. The van der Waals surface area contributed by atoms with Crippen LogP contribution in [0.1, 0.15) is 23.0 Å². The standard InChI is InChI=1S/C17H15Cl2NO6S/c1-27(23,24)25-9-15-13-7-11(19)3-5-17(13)26-16-4-2-10(18)6-12(16)14(15)8-20(21)22/h2-7,14-15H,8-9H2,1H3/t14-,15-/m1/s1. The van der Waals surface area contributed by atoms with E-state index in [1.807, 2.05) is 0 Å². The summed E-state index contributed by atoms with van der Waals surface area (Å²) in [5, 5.41) is 12.1. The van der Waals surface area contributed by atoms with Crippen LogP contribution < -0.4 is 4.74 Å². The van der Waals surface area contributed by atoms with E-state index < -0.39 is 33.4 Å². The highest BCUT2D eigenvalue weighted by atomic mass is 35.5. The summed E-state index contributed by atoms with van der Waals surface area (Å²) in [6.45, 7) is -0.750. The Morgan fingerprint density at radius 3 is 2.07 bits per heavy atom. The van der Waals surface area contributed by atoms with Gasteiger partial charge in [0.2, 0.25) is 6.54 Å². The van der Waals surface area contributed by atoms with Crippen LogP contribution in [0, 0.1) is 10.1 Å². The summed E-state index contributed by atoms with van der Waals surface area (Å²) in [5.41, 5.74) is 1.04. The average Bonchev–Trinajstić information content (AvgIpc) is 2.67. The van der Waals surface area contributed by atoms with E-state index in [0.717, 1.165) is 6.26 Å². The van der Waals surface area contributed by atoms with E-state index in [0.29, 0.717) is 32.7 Å². The number of rotatable bonds is 5. The number of nitrogens with zero attached hydrogens (tertiary/aromatic N) is 1. The van der Waals surface area contributed by atoms with Crippen molar-refractivity contribution in [3.8, 4) is 11.5 Å². The molecule has 10 heteroatoms. The largest absolute Gasteiger partial charge is 0.457 e. The van der Waals surface area contributed by atoms with Gasteiger partial charge in [0.05, 0.1) is 18.8 Å². The van der Waals surface area contributed by atoms with Gasteiger partial charge in [0.1, 0.15) is 11.5 Å². The van der Waals surface area contributed by atoms with Crippen LogP contribution >= 0.6 is 23.2 Å². The maximum Gasteiger partial charge on any atom is 0.264 e. The van der Waals surface area contributed by atoms with E-state index >= 15 is 0 Å². The van der Waals surface area contributed by atoms with Crippen molar-refractivity contribution in [2.75, 3.05) is 19.4 Å². The summed E-state index contributed by atoms with van der Waals surface area (Å²) in [6.07, 6.45) is 0.923. The maximum absolute atomic E-state index is 11.5. The zero-order chi connectivity index (χ0) is 19.8. The number of fused-ring (bicyclic) bond motifs is 2. The molecular formula is C17H15Cl2NO6S. The van der Waals surface area contributed by atoms with E-state index in [1.165, 1.54) is 0 Å². The Balaban J connectivity index is 2.19. The molecule has 0 saturated carbocycles. The summed E-state index contributed by atoms with van der Waals surface area (Å²) in [4.78, 5) is 10.9. The summed E-state index contributed by atoms with van der Waals surface area (Å²) < 4.78 is 34.0. The van der Waals surface area contributed by atoms with Gasteiger partial charge in [0, 0.05) is 32.0 Å². The molecule has 0 radical (unpaired) electrons. The second kappa shape index (κ2) is 7.63. The third-order valence-electron chi connectivity index (χ3n) is 4.26. The lowest BCUT2D eigenvalue weighted by Crippen LogP contribution is -2.24. The first kappa shape index (κ1) is 19.9. The fraction of sp³-hybridized carbons (Fsp3) is 0.294. The molecule has 1 aliphatic heterocycles. The smallest absolute Gasteiger partial charge is 0.264 e. The van der Waals surface area contributed by atoms with Crippen molar-refractivity contribution >= 4 is 33.3 Å². The molecule has 0 amide bonds. The second-order valence-electron chi connectivity index (χ2n) is 6.18. The predicted molar refractivity (Wildman–Crippen MR) is 101 cm³/mol. The average molecular weight is 432 g/mol. The van der Waals surface area contributed by atoms with E-state index in [4.69, 9.17) is 32.1 Å². The molecule has 27 heavy (non-hydrogen) atoms. The Kier molecular flexibility index (Phi) is 5.62. The van der Waals surface area contributed by atoms with Gasteiger partial charge in [-0.25, -0.2) is 0 Å². The fourth-order valence-electron chi connectivity index (χ4n) is 3.15. The molecule has 3 rings (SSSR count). The lowest BCUT2D eigenvalue weighted by molar-refractivity contribution is -0.484. The van der Waals surface area contributed by atoms with Gasteiger partial charge in [-0.1, -0.05) is 23.2 Å².